The summed E-state index contributed by atoms with van der Waals surface area (Å²) in [5.74, 6) is -0.278. The van der Waals surface area contributed by atoms with E-state index >= 15 is 0 Å². The first-order valence-corrected chi connectivity index (χ1v) is 8.99. The van der Waals surface area contributed by atoms with Crippen molar-refractivity contribution in [3.63, 3.8) is 0 Å². The molecule has 4 aromatic rings. The fourth-order valence-corrected chi connectivity index (χ4v) is 3.22. The molecule has 0 spiro atoms. The van der Waals surface area contributed by atoms with Gasteiger partial charge in [-0.3, -0.25) is 14.2 Å². The Bertz CT molecular complexity index is 1250. The number of aryl methyl sites for hydroxylation is 1. The third-order valence-electron chi connectivity index (χ3n) is 4.65. The van der Waals surface area contributed by atoms with Gasteiger partial charge in [-0.25, -0.2) is 14.4 Å². The van der Waals surface area contributed by atoms with E-state index in [4.69, 9.17) is 0 Å². The lowest BCUT2D eigenvalue weighted by atomic mass is 10.1. The summed E-state index contributed by atoms with van der Waals surface area (Å²) >= 11 is 0. The number of fused-ring (bicyclic) bond motifs is 1. The predicted octanol–water partition coefficient (Wildman–Crippen LogP) is 2.17. The minimum Gasteiger partial charge on any atom is -0.341 e. The molecule has 0 radical (unpaired) electrons. The fraction of sp³-hybridized carbons (Fsp3) is 0.143. The van der Waals surface area contributed by atoms with E-state index in [0.29, 0.717) is 22.3 Å². The van der Waals surface area contributed by atoms with Crippen molar-refractivity contribution in [3.8, 4) is 0 Å². The monoisotopic (exact) mass is 391 g/mol. The second-order valence-electron chi connectivity index (χ2n) is 6.65. The number of benzene rings is 2. The van der Waals surface area contributed by atoms with E-state index in [1.807, 2.05) is 0 Å². The van der Waals surface area contributed by atoms with Gasteiger partial charge >= 0.3 is 0 Å². The molecule has 1 amide bonds. The number of aromatic nitrogens is 4. The zero-order chi connectivity index (χ0) is 20.4. The zero-order valence-electron chi connectivity index (χ0n) is 15.6. The third kappa shape index (κ3) is 3.77. The van der Waals surface area contributed by atoms with Gasteiger partial charge in [0.15, 0.2) is 0 Å². The number of nitrogens with zero attached hydrogens (tertiary/aromatic N) is 4. The summed E-state index contributed by atoms with van der Waals surface area (Å²) in [6.07, 6.45) is 4.69. The summed E-state index contributed by atoms with van der Waals surface area (Å²) in [6.45, 7) is -0.215. The molecule has 0 aliphatic rings. The molecule has 146 valence electrons. The molecule has 0 fully saturated rings. The van der Waals surface area contributed by atoms with Gasteiger partial charge in [-0.1, -0.05) is 24.3 Å². The minimum atomic E-state index is -0.665. The van der Waals surface area contributed by atoms with Gasteiger partial charge in [0, 0.05) is 19.4 Å². The number of rotatable bonds is 5. The van der Waals surface area contributed by atoms with Crippen molar-refractivity contribution in [3.05, 3.63) is 94.8 Å². The van der Waals surface area contributed by atoms with Gasteiger partial charge in [0.1, 0.15) is 24.2 Å². The molecule has 1 atom stereocenters. The molecule has 0 aliphatic carbocycles. The minimum absolute atomic E-state index is 0.215. The molecule has 2 aromatic carbocycles. The number of nitrogens with one attached hydrogen (secondary N) is 1. The Morgan fingerprint density at radius 2 is 2.00 bits per heavy atom. The maximum atomic E-state index is 13.8. The second kappa shape index (κ2) is 7.67. The van der Waals surface area contributed by atoms with Crippen LogP contribution in [0.1, 0.15) is 17.4 Å². The van der Waals surface area contributed by atoms with Crippen molar-refractivity contribution in [2.75, 3.05) is 0 Å². The van der Waals surface area contributed by atoms with E-state index < -0.39 is 17.8 Å². The van der Waals surface area contributed by atoms with E-state index in [1.54, 1.807) is 60.4 Å². The molecule has 0 unspecified atom stereocenters. The van der Waals surface area contributed by atoms with Crippen LogP contribution in [-0.4, -0.2) is 25.0 Å². The van der Waals surface area contributed by atoms with Crippen molar-refractivity contribution in [1.82, 2.24) is 24.4 Å². The largest absolute Gasteiger partial charge is 0.341 e. The zero-order valence-corrected chi connectivity index (χ0v) is 15.6. The molecule has 0 saturated heterocycles. The molecule has 0 bridgehead atoms. The Morgan fingerprint density at radius 3 is 2.76 bits per heavy atom. The number of hydrogen-bond acceptors (Lipinski definition) is 4. The quantitative estimate of drug-likeness (QED) is 0.565. The molecule has 8 heteroatoms. The van der Waals surface area contributed by atoms with Gasteiger partial charge in [-0.2, -0.15) is 0 Å². The van der Waals surface area contributed by atoms with Crippen molar-refractivity contribution >= 4 is 16.8 Å². The molecule has 2 heterocycles. The van der Waals surface area contributed by atoms with Crippen molar-refractivity contribution in [1.29, 1.82) is 0 Å². The lowest BCUT2D eigenvalue weighted by Gasteiger charge is -2.19. The van der Waals surface area contributed by atoms with Crippen molar-refractivity contribution in [2.24, 2.45) is 7.05 Å². The van der Waals surface area contributed by atoms with Gasteiger partial charge in [0.25, 0.3) is 5.56 Å². The number of para-hydroxylation sites is 1. The molecule has 0 aliphatic heterocycles. The SMILES string of the molecule is Cn1ccnc1[C@H](NC(=O)Cn1cnc2ccccc2c1=O)c1cccc(F)c1. The Balaban J connectivity index is 1.63. The Hall–Kier alpha value is -3.81. The molecular weight excluding hydrogens is 373 g/mol. The second-order valence-corrected chi connectivity index (χ2v) is 6.65. The maximum Gasteiger partial charge on any atom is 0.261 e. The molecule has 7 nitrogen and oxygen atoms in total. The van der Waals surface area contributed by atoms with E-state index in [9.17, 15) is 14.0 Å². The van der Waals surface area contributed by atoms with E-state index in [-0.39, 0.29) is 12.1 Å². The van der Waals surface area contributed by atoms with Crippen LogP contribution in [0.4, 0.5) is 4.39 Å². The van der Waals surface area contributed by atoms with Crippen LogP contribution >= 0.6 is 0 Å². The van der Waals surface area contributed by atoms with Gasteiger partial charge < -0.3 is 9.88 Å². The van der Waals surface area contributed by atoms with Gasteiger partial charge in [-0.05, 0) is 29.8 Å². The number of carbonyl (C=O) groups excluding carboxylic acids is 1. The van der Waals surface area contributed by atoms with Crippen LogP contribution in [0, 0.1) is 5.82 Å². The highest BCUT2D eigenvalue weighted by Crippen LogP contribution is 2.21. The first kappa shape index (κ1) is 18.5. The first-order chi connectivity index (χ1) is 14.0. The molecular formula is C21H18FN5O2. The number of amides is 1. The van der Waals surface area contributed by atoms with Gasteiger partial charge in [0.2, 0.25) is 5.91 Å². The molecule has 29 heavy (non-hydrogen) atoms. The molecule has 0 saturated carbocycles. The van der Waals surface area contributed by atoms with Crippen molar-refractivity contribution < 1.29 is 9.18 Å². The third-order valence-corrected chi connectivity index (χ3v) is 4.65. The highest BCUT2D eigenvalue weighted by atomic mass is 19.1. The summed E-state index contributed by atoms with van der Waals surface area (Å²) in [4.78, 5) is 33.9. The summed E-state index contributed by atoms with van der Waals surface area (Å²) in [7, 11) is 1.79. The Morgan fingerprint density at radius 1 is 1.17 bits per heavy atom. The smallest absolute Gasteiger partial charge is 0.261 e. The number of halogens is 1. The Labute approximate surface area is 165 Å². The molecule has 4 rings (SSSR count). The van der Waals surface area contributed by atoms with Gasteiger partial charge in [0.05, 0.1) is 17.2 Å². The normalized spacial score (nSPS) is 12.1. The number of carbonyl (C=O) groups is 1. The fourth-order valence-electron chi connectivity index (χ4n) is 3.22. The lowest BCUT2D eigenvalue weighted by molar-refractivity contribution is -0.122. The van der Waals surface area contributed by atoms with Crippen LogP contribution in [-0.2, 0) is 18.4 Å². The highest BCUT2D eigenvalue weighted by molar-refractivity contribution is 5.79. The van der Waals surface area contributed by atoms with Crippen LogP contribution in [0.2, 0.25) is 0 Å². The highest BCUT2D eigenvalue weighted by Gasteiger charge is 2.21. The van der Waals surface area contributed by atoms with Crippen LogP contribution < -0.4 is 10.9 Å². The summed E-state index contributed by atoms with van der Waals surface area (Å²) in [5.41, 5.74) is 0.821. The van der Waals surface area contributed by atoms with E-state index in [2.05, 4.69) is 15.3 Å². The molecule has 2 aromatic heterocycles. The van der Waals surface area contributed by atoms with Crippen LogP contribution in [0.25, 0.3) is 10.9 Å². The summed E-state index contributed by atoms with van der Waals surface area (Å²) in [6, 6.07) is 12.3. The summed E-state index contributed by atoms with van der Waals surface area (Å²) in [5, 5.41) is 3.29. The van der Waals surface area contributed by atoms with Crippen molar-refractivity contribution in [2.45, 2.75) is 12.6 Å². The van der Waals surface area contributed by atoms with E-state index in [1.165, 1.54) is 23.0 Å². The van der Waals surface area contributed by atoms with Gasteiger partial charge in [-0.15, -0.1) is 0 Å². The first-order valence-electron chi connectivity index (χ1n) is 8.99. The Kier molecular flexibility index (Phi) is 4.90. The van der Waals surface area contributed by atoms with E-state index in [0.717, 1.165) is 0 Å². The molecule has 1 N–H and O–H groups in total. The average molecular weight is 391 g/mol. The standard InChI is InChI=1S/C21H18FN5O2/c1-26-10-9-23-20(26)19(14-5-4-6-15(22)11-14)25-18(28)12-27-13-24-17-8-3-2-7-16(17)21(27)29/h2-11,13,19H,12H2,1H3,(H,25,28)/t19-/m1/s1. The van der Waals surface area contributed by atoms with Crippen LogP contribution in [0.5, 0.6) is 0 Å². The lowest BCUT2D eigenvalue weighted by Crippen LogP contribution is -2.36. The predicted molar refractivity (Wildman–Crippen MR) is 106 cm³/mol. The van der Waals surface area contributed by atoms with Crippen LogP contribution in [0.3, 0.4) is 0 Å². The topological polar surface area (TPSA) is 81.8 Å². The number of imidazole rings is 1. The van der Waals surface area contributed by atoms with Crippen LogP contribution in [0.15, 0.2) is 72.0 Å². The summed E-state index contributed by atoms with van der Waals surface area (Å²) < 4.78 is 16.8. The maximum absolute atomic E-state index is 13.8. The number of hydrogen-bond donors (Lipinski definition) is 1. The average Bonchev–Trinajstić information content (AvgIpc) is 3.14.